The predicted octanol–water partition coefficient (Wildman–Crippen LogP) is 6.33. The lowest BCUT2D eigenvalue weighted by atomic mass is 9.47. The number of amides is 1. The molecular weight excluding hydrogens is 450 g/mol. The lowest BCUT2D eigenvalue weighted by Gasteiger charge is -2.58. The summed E-state index contributed by atoms with van der Waals surface area (Å²) in [5.41, 5.74) is 3.66. The van der Waals surface area contributed by atoms with E-state index in [0.717, 1.165) is 56.4 Å². The van der Waals surface area contributed by atoms with Gasteiger partial charge < -0.3 is 14.8 Å². The summed E-state index contributed by atoms with van der Waals surface area (Å²) in [6, 6.07) is 0. The number of hydrogen-bond donors (Lipinski definition) is 1. The Morgan fingerprint density at radius 2 is 1.97 bits per heavy atom. The number of nitrogens with one attached hydrogen (secondary N) is 1. The van der Waals surface area contributed by atoms with E-state index in [1.807, 2.05) is 0 Å². The van der Waals surface area contributed by atoms with Gasteiger partial charge in [-0.3, -0.25) is 9.59 Å². The van der Waals surface area contributed by atoms with Crippen molar-refractivity contribution >= 4 is 11.9 Å². The molecular formula is C31H47NO4. The molecule has 4 aliphatic carbocycles. The Labute approximate surface area is 217 Å². The number of esters is 1. The Kier molecular flexibility index (Phi) is 6.83. The van der Waals surface area contributed by atoms with Crippen LogP contribution in [-0.4, -0.2) is 30.6 Å². The summed E-state index contributed by atoms with van der Waals surface area (Å²) in [5.74, 6) is 4.37. The minimum absolute atomic E-state index is 0.0504. The van der Waals surface area contributed by atoms with Gasteiger partial charge in [-0.25, -0.2) is 0 Å². The van der Waals surface area contributed by atoms with Gasteiger partial charge in [0.2, 0.25) is 5.91 Å². The maximum Gasteiger partial charge on any atom is 0.302 e. The van der Waals surface area contributed by atoms with Crippen LogP contribution in [0.3, 0.4) is 0 Å². The Morgan fingerprint density at radius 3 is 2.69 bits per heavy atom. The average Bonchev–Trinajstić information content (AvgIpc) is 3.29. The molecule has 0 saturated heterocycles. The second kappa shape index (κ2) is 9.51. The molecule has 0 unspecified atom stereocenters. The van der Waals surface area contributed by atoms with Crippen molar-refractivity contribution in [1.29, 1.82) is 0 Å². The van der Waals surface area contributed by atoms with Crippen molar-refractivity contribution in [1.82, 2.24) is 5.32 Å². The molecule has 5 heteroatoms. The van der Waals surface area contributed by atoms with Crippen LogP contribution in [0, 0.1) is 40.4 Å². The maximum atomic E-state index is 11.5. The van der Waals surface area contributed by atoms with Gasteiger partial charge >= 0.3 is 5.97 Å². The standard InChI is InChI=1S/C31H47NO4/c1-18(17-32-20(3)33)7-10-27-19(2)29-28(36-27)16-26-24-9-8-22-15-23(35-21(4)34)11-13-30(22,5)25(24)12-14-31(26,29)6/h8,18,23-26,28-29H,7,9-17H2,1-6H3,(H,32,33)/t18-,23-,24-,25+,26+,28-,29+,30-,31-/m0/s1. The van der Waals surface area contributed by atoms with E-state index in [4.69, 9.17) is 9.47 Å². The molecule has 0 aromatic rings. The summed E-state index contributed by atoms with van der Waals surface area (Å²) < 4.78 is 12.3. The van der Waals surface area contributed by atoms with Crippen LogP contribution in [0.1, 0.15) is 99.3 Å². The second-order valence-corrected chi connectivity index (χ2v) is 13.3. The first-order chi connectivity index (χ1) is 17.0. The molecule has 0 aromatic heterocycles. The van der Waals surface area contributed by atoms with Crippen LogP contribution in [0.4, 0.5) is 0 Å². The van der Waals surface area contributed by atoms with Crippen molar-refractivity contribution in [3.05, 3.63) is 23.0 Å². The Morgan fingerprint density at radius 1 is 1.19 bits per heavy atom. The average molecular weight is 498 g/mol. The molecule has 5 nitrogen and oxygen atoms in total. The highest BCUT2D eigenvalue weighted by Gasteiger charge is 2.63. The van der Waals surface area contributed by atoms with E-state index in [2.05, 4.69) is 39.1 Å². The van der Waals surface area contributed by atoms with Crippen LogP contribution in [0.15, 0.2) is 23.0 Å². The SMILES string of the molecule is CC(=O)NC[C@@H](C)CCC1=C(C)[C@@H]2[C@H](C[C@@H]3[C@H]4CC=C5C[C@@H](OC(C)=O)CC[C@]5(C)[C@@H]4CC[C@@]32C)O1. The van der Waals surface area contributed by atoms with Crippen LogP contribution in [0.2, 0.25) is 0 Å². The fourth-order valence-corrected chi connectivity index (χ4v) is 9.34. The van der Waals surface area contributed by atoms with E-state index in [9.17, 15) is 9.59 Å². The predicted molar refractivity (Wildman–Crippen MR) is 141 cm³/mol. The molecule has 200 valence electrons. The lowest BCUT2D eigenvalue weighted by molar-refractivity contribution is -0.148. The molecule has 1 N–H and O–H groups in total. The molecule has 36 heavy (non-hydrogen) atoms. The zero-order valence-electron chi connectivity index (χ0n) is 23.3. The lowest BCUT2D eigenvalue weighted by Crippen LogP contribution is -2.50. The number of carbonyl (C=O) groups excluding carboxylic acids is 2. The van der Waals surface area contributed by atoms with Crippen LogP contribution in [0.5, 0.6) is 0 Å². The van der Waals surface area contributed by atoms with Gasteiger partial charge in [0.25, 0.3) is 0 Å². The van der Waals surface area contributed by atoms with Crippen molar-refractivity contribution in [2.45, 2.75) is 112 Å². The zero-order chi connectivity index (χ0) is 25.8. The van der Waals surface area contributed by atoms with E-state index in [-0.39, 0.29) is 23.4 Å². The normalized spacial score (nSPS) is 41.8. The third kappa shape index (κ3) is 4.32. The summed E-state index contributed by atoms with van der Waals surface area (Å²) in [5, 5.41) is 2.95. The summed E-state index contributed by atoms with van der Waals surface area (Å²) >= 11 is 0. The van der Waals surface area contributed by atoms with Gasteiger partial charge in [0, 0.05) is 39.2 Å². The Balaban J connectivity index is 1.29. The zero-order valence-corrected chi connectivity index (χ0v) is 23.3. The van der Waals surface area contributed by atoms with Crippen LogP contribution in [-0.2, 0) is 19.1 Å². The summed E-state index contributed by atoms with van der Waals surface area (Å²) in [6.07, 6.45) is 13.0. The number of fused-ring (bicyclic) bond motifs is 7. The maximum absolute atomic E-state index is 11.5. The van der Waals surface area contributed by atoms with Crippen molar-refractivity contribution in [2.24, 2.45) is 40.4 Å². The molecule has 0 radical (unpaired) electrons. The number of ether oxygens (including phenoxy) is 2. The highest BCUT2D eigenvalue weighted by atomic mass is 16.5. The van der Waals surface area contributed by atoms with Gasteiger partial charge in [0.1, 0.15) is 12.2 Å². The van der Waals surface area contributed by atoms with Gasteiger partial charge in [-0.05, 0) is 91.9 Å². The van der Waals surface area contributed by atoms with Crippen LogP contribution >= 0.6 is 0 Å². The first-order valence-electron chi connectivity index (χ1n) is 14.5. The molecule has 5 aliphatic rings. The van der Waals surface area contributed by atoms with Crippen molar-refractivity contribution < 1.29 is 19.1 Å². The highest BCUT2D eigenvalue weighted by molar-refractivity contribution is 5.72. The monoisotopic (exact) mass is 497 g/mol. The van der Waals surface area contributed by atoms with Crippen LogP contribution < -0.4 is 5.32 Å². The first kappa shape index (κ1) is 25.9. The third-order valence-corrected chi connectivity index (χ3v) is 11.2. The van der Waals surface area contributed by atoms with Gasteiger partial charge in [0.15, 0.2) is 0 Å². The molecule has 0 aromatic carbocycles. The first-order valence-corrected chi connectivity index (χ1v) is 14.5. The molecule has 3 saturated carbocycles. The van der Waals surface area contributed by atoms with E-state index < -0.39 is 0 Å². The number of carbonyl (C=O) groups is 2. The smallest absolute Gasteiger partial charge is 0.302 e. The van der Waals surface area contributed by atoms with Crippen molar-refractivity contribution in [3.63, 3.8) is 0 Å². The largest absolute Gasteiger partial charge is 0.494 e. The number of rotatable bonds is 6. The topological polar surface area (TPSA) is 64.6 Å². The Bertz CT molecular complexity index is 968. The van der Waals surface area contributed by atoms with Crippen molar-refractivity contribution in [2.75, 3.05) is 6.54 Å². The van der Waals surface area contributed by atoms with Gasteiger partial charge in [-0.15, -0.1) is 0 Å². The summed E-state index contributed by atoms with van der Waals surface area (Å²) in [6.45, 7) is 13.5. The number of hydrogen-bond acceptors (Lipinski definition) is 4. The van der Waals surface area contributed by atoms with E-state index in [1.165, 1.54) is 43.9 Å². The molecule has 3 fully saturated rings. The number of allylic oxidation sites excluding steroid dienone is 2. The quantitative estimate of drug-likeness (QED) is 0.344. The molecule has 0 spiro atoms. The van der Waals surface area contributed by atoms with Gasteiger partial charge in [0.05, 0.1) is 5.76 Å². The summed E-state index contributed by atoms with van der Waals surface area (Å²) in [4.78, 5) is 22.8. The Hall–Kier alpha value is -1.78. The second-order valence-electron chi connectivity index (χ2n) is 13.3. The van der Waals surface area contributed by atoms with E-state index in [1.54, 1.807) is 12.5 Å². The highest BCUT2D eigenvalue weighted by Crippen LogP contribution is 2.69. The molecule has 1 amide bonds. The minimum atomic E-state index is -0.145. The van der Waals surface area contributed by atoms with E-state index in [0.29, 0.717) is 23.4 Å². The van der Waals surface area contributed by atoms with Crippen LogP contribution in [0.25, 0.3) is 0 Å². The third-order valence-electron chi connectivity index (χ3n) is 11.2. The minimum Gasteiger partial charge on any atom is -0.494 e. The fraction of sp³-hybridized carbons (Fsp3) is 0.806. The van der Waals surface area contributed by atoms with E-state index >= 15 is 0 Å². The summed E-state index contributed by atoms with van der Waals surface area (Å²) in [7, 11) is 0. The molecule has 9 atom stereocenters. The van der Waals surface area contributed by atoms with Gasteiger partial charge in [-0.2, -0.15) is 0 Å². The molecule has 0 bridgehead atoms. The molecule has 5 rings (SSSR count). The van der Waals surface area contributed by atoms with Crippen molar-refractivity contribution in [3.8, 4) is 0 Å². The fourth-order valence-electron chi connectivity index (χ4n) is 9.34. The van der Waals surface area contributed by atoms with Gasteiger partial charge in [-0.1, -0.05) is 32.4 Å². The molecule has 1 aliphatic heterocycles. The molecule has 1 heterocycles.